The van der Waals surface area contributed by atoms with Crippen LogP contribution in [0.3, 0.4) is 0 Å². The van der Waals surface area contributed by atoms with Crippen LogP contribution in [0.25, 0.3) is 0 Å². The maximum absolute atomic E-state index is 13.9. The molecule has 1 aliphatic rings. The molecule has 6 heteroatoms. The van der Waals surface area contributed by atoms with Crippen LogP contribution in [0.1, 0.15) is 16.7 Å². The first-order valence-corrected chi connectivity index (χ1v) is 8.42. The van der Waals surface area contributed by atoms with Gasteiger partial charge in [0.25, 0.3) is 0 Å². The van der Waals surface area contributed by atoms with Gasteiger partial charge in [-0.2, -0.15) is 0 Å². The van der Waals surface area contributed by atoms with Gasteiger partial charge >= 0.3 is 5.97 Å². The first-order chi connectivity index (χ1) is 12.5. The third-order valence-electron chi connectivity index (χ3n) is 4.56. The molecular formula is C20H21FN2O3. The molecule has 1 aliphatic heterocycles. The van der Waals surface area contributed by atoms with Crippen molar-refractivity contribution in [1.29, 1.82) is 0 Å². The van der Waals surface area contributed by atoms with Crippen LogP contribution in [0.2, 0.25) is 0 Å². The van der Waals surface area contributed by atoms with Crippen molar-refractivity contribution in [2.75, 3.05) is 19.0 Å². The van der Waals surface area contributed by atoms with E-state index in [1.54, 1.807) is 17.9 Å². The molecule has 1 atom stereocenters. The number of ether oxygens (including phenoxy) is 1. The molecule has 2 aromatic rings. The van der Waals surface area contributed by atoms with Gasteiger partial charge in [-0.3, -0.25) is 14.5 Å². The maximum Gasteiger partial charge on any atom is 0.323 e. The normalized spacial score (nSPS) is 16.7. The van der Waals surface area contributed by atoms with Crippen molar-refractivity contribution in [2.24, 2.45) is 0 Å². The zero-order valence-electron chi connectivity index (χ0n) is 14.8. The number of rotatable bonds is 4. The lowest BCUT2D eigenvalue weighted by Crippen LogP contribution is -2.49. The van der Waals surface area contributed by atoms with E-state index in [9.17, 15) is 14.0 Å². The number of nitrogens with one attached hydrogen (secondary N) is 1. The second-order valence-corrected chi connectivity index (χ2v) is 6.45. The van der Waals surface area contributed by atoms with Crippen LogP contribution in [0.15, 0.2) is 42.5 Å². The highest BCUT2D eigenvalue weighted by Gasteiger charge is 2.33. The third-order valence-corrected chi connectivity index (χ3v) is 4.56. The van der Waals surface area contributed by atoms with E-state index >= 15 is 0 Å². The van der Waals surface area contributed by atoms with Gasteiger partial charge in [-0.25, -0.2) is 4.39 Å². The van der Waals surface area contributed by atoms with Crippen molar-refractivity contribution in [1.82, 2.24) is 4.90 Å². The fraction of sp³-hybridized carbons (Fsp3) is 0.300. The number of anilines is 1. The van der Waals surface area contributed by atoms with Crippen LogP contribution in [-0.2, 0) is 27.3 Å². The topological polar surface area (TPSA) is 58.6 Å². The molecule has 1 N–H and O–H groups in total. The molecule has 0 saturated heterocycles. The standard InChI is InChI=1S/C20H21FN2O3/c1-13-7-8-17(16(21)9-13)22-19(24)12-23-11-15-6-4-3-5-14(15)10-18(23)20(25)26-2/h3-9,18H,10-12H2,1-2H3,(H,22,24)/t18-/m1/s1. The summed E-state index contributed by atoms with van der Waals surface area (Å²) in [5.41, 5.74) is 3.05. The lowest BCUT2D eigenvalue weighted by atomic mass is 9.94. The Morgan fingerprint density at radius 2 is 1.96 bits per heavy atom. The molecular weight excluding hydrogens is 335 g/mol. The number of hydrogen-bond donors (Lipinski definition) is 1. The fourth-order valence-corrected chi connectivity index (χ4v) is 3.21. The molecule has 0 aromatic heterocycles. The molecule has 0 spiro atoms. The number of amides is 1. The average molecular weight is 356 g/mol. The number of fused-ring (bicyclic) bond motifs is 1. The SMILES string of the molecule is COC(=O)[C@H]1Cc2ccccc2CN1CC(=O)Nc1ccc(C)cc1F. The van der Waals surface area contributed by atoms with E-state index in [0.717, 1.165) is 16.7 Å². The number of carbonyl (C=O) groups excluding carboxylic acids is 2. The van der Waals surface area contributed by atoms with E-state index < -0.39 is 11.9 Å². The number of benzene rings is 2. The van der Waals surface area contributed by atoms with Gasteiger partial charge in [0.15, 0.2) is 0 Å². The Kier molecular flexibility index (Phi) is 5.32. The van der Waals surface area contributed by atoms with E-state index in [1.165, 1.54) is 19.2 Å². The fourth-order valence-electron chi connectivity index (χ4n) is 3.21. The summed E-state index contributed by atoms with van der Waals surface area (Å²) in [4.78, 5) is 26.3. The summed E-state index contributed by atoms with van der Waals surface area (Å²) < 4.78 is 18.8. The molecule has 0 aliphatic carbocycles. The van der Waals surface area contributed by atoms with Crippen LogP contribution in [0.4, 0.5) is 10.1 Å². The Morgan fingerprint density at radius 1 is 1.23 bits per heavy atom. The highest BCUT2D eigenvalue weighted by molar-refractivity contribution is 5.93. The lowest BCUT2D eigenvalue weighted by Gasteiger charge is -2.34. The predicted octanol–water partition coefficient (Wildman–Crippen LogP) is 2.67. The van der Waals surface area contributed by atoms with Crippen molar-refractivity contribution in [3.05, 3.63) is 65.0 Å². The van der Waals surface area contributed by atoms with E-state index in [4.69, 9.17) is 4.74 Å². The Labute approximate surface area is 151 Å². The van der Waals surface area contributed by atoms with Crippen LogP contribution in [0, 0.1) is 12.7 Å². The first-order valence-electron chi connectivity index (χ1n) is 8.42. The minimum absolute atomic E-state index is 0.0264. The van der Waals surface area contributed by atoms with Gasteiger partial charge in [0.2, 0.25) is 5.91 Å². The molecule has 0 saturated carbocycles. The van der Waals surface area contributed by atoms with Gasteiger partial charge in [-0.15, -0.1) is 0 Å². The highest BCUT2D eigenvalue weighted by atomic mass is 19.1. The van der Waals surface area contributed by atoms with Gasteiger partial charge in [-0.05, 0) is 42.2 Å². The summed E-state index contributed by atoms with van der Waals surface area (Å²) in [6, 6.07) is 11.9. The molecule has 0 bridgehead atoms. The molecule has 0 unspecified atom stereocenters. The van der Waals surface area contributed by atoms with Crippen molar-refractivity contribution in [3.8, 4) is 0 Å². The Balaban J connectivity index is 1.75. The van der Waals surface area contributed by atoms with Gasteiger partial charge in [0, 0.05) is 6.54 Å². The maximum atomic E-state index is 13.9. The number of aryl methyl sites for hydroxylation is 1. The summed E-state index contributed by atoms with van der Waals surface area (Å²) in [6.45, 7) is 2.21. The lowest BCUT2D eigenvalue weighted by molar-refractivity contribution is -0.148. The Bertz CT molecular complexity index is 838. The number of halogens is 1. The Morgan fingerprint density at radius 3 is 2.65 bits per heavy atom. The van der Waals surface area contributed by atoms with E-state index in [0.29, 0.717) is 13.0 Å². The molecule has 1 heterocycles. The summed E-state index contributed by atoms with van der Waals surface area (Å²) in [6.07, 6.45) is 0.481. The molecule has 0 fully saturated rings. The predicted molar refractivity (Wildman–Crippen MR) is 96.1 cm³/mol. The van der Waals surface area contributed by atoms with Gasteiger partial charge in [-0.1, -0.05) is 30.3 Å². The van der Waals surface area contributed by atoms with Gasteiger partial charge in [0.1, 0.15) is 11.9 Å². The van der Waals surface area contributed by atoms with E-state index in [-0.39, 0.29) is 24.1 Å². The third kappa shape index (κ3) is 3.91. The number of nitrogens with zero attached hydrogens (tertiary/aromatic N) is 1. The minimum atomic E-state index is -0.538. The average Bonchev–Trinajstić information content (AvgIpc) is 2.63. The van der Waals surface area contributed by atoms with Crippen molar-refractivity contribution >= 4 is 17.6 Å². The molecule has 0 radical (unpaired) electrons. The molecule has 3 rings (SSSR count). The molecule has 1 amide bonds. The van der Waals surface area contributed by atoms with Crippen molar-refractivity contribution in [3.63, 3.8) is 0 Å². The first kappa shape index (κ1) is 18.1. The van der Waals surface area contributed by atoms with Crippen LogP contribution < -0.4 is 5.32 Å². The molecule has 26 heavy (non-hydrogen) atoms. The summed E-state index contributed by atoms with van der Waals surface area (Å²) in [5, 5.41) is 2.58. The molecule has 5 nitrogen and oxygen atoms in total. The number of methoxy groups -OCH3 is 1. The summed E-state index contributed by atoms with van der Waals surface area (Å²) >= 11 is 0. The van der Waals surface area contributed by atoms with Crippen molar-refractivity contribution < 1.29 is 18.7 Å². The quantitative estimate of drug-likeness (QED) is 0.856. The second-order valence-electron chi connectivity index (χ2n) is 6.45. The zero-order chi connectivity index (χ0) is 18.7. The zero-order valence-corrected chi connectivity index (χ0v) is 14.8. The smallest absolute Gasteiger partial charge is 0.323 e. The second kappa shape index (κ2) is 7.66. The number of carbonyl (C=O) groups is 2. The Hall–Kier alpha value is -2.73. The molecule has 136 valence electrons. The van der Waals surface area contributed by atoms with Crippen molar-refractivity contribution in [2.45, 2.75) is 25.9 Å². The van der Waals surface area contributed by atoms with E-state index in [2.05, 4.69) is 5.32 Å². The summed E-state index contributed by atoms with van der Waals surface area (Å²) in [7, 11) is 1.34. The largest absolute Gasteiger partial charge is 0.468 e. The summed E-state index contributed by atoms with van der Waals surface area (Å²) in [5.74, 6) is -1.23. The van der Waals surface area contributed by atoms with E-state index in [1.807, 2.05) is 24.3 Å². The molecule has 2 aromatic carbocycles. The van der Waals surface area contributed by atoms with Gasteiger partial charge in [0.05, 0.1) is 19.3 Å². The number of hydrogen-bond acceptors (Lipinski definition) is 4. The van der Waals surface area contributed by atoms with Gasteiger partial charge < -0.3 is 10.1 Å². The number of esters is 1. The van der Waals surface area contributed by atoms with Crippen LogP contribution >= 0.6 is 0 Å². The minimum Gasteiger partial charge on any atom is -0.468 e. The van der Waals surface area contributed by atoms with Crippen LogP contribution in [0.5, 0.6) is 0 Å². The van der Waals surface area contributed by atoms with Crippen LogP contribution in [-0.4, -0.2) is 36.5 Å². The monoisotopic (exact) mass is 356 g/mol. The highest BCUT2D eigenvalue weighted by Crippen LogP contribution is 2.24.